The summed E-state index contributed by atoms with van der Waals surface area (Å²) in [5.74, 6) is 1.39. The number of aliphatic imine (C=N–C) groups is 1. The van der Waals surface area contributed by atoms with Crippen LogP contribution in [0.5, 0.6) is 5.75 Å². The van der Waals surface area contributed by atoms with Gasteiger partial charge < -0.3 is 30.0 Å². The highest BCUT2D eigenvalue weighted by Gasteiger charge is 2.09. The first-order chi connectivity index (χ1) is 13.1. The molecule has 0 saturated heterocycles. The molecule has 0 radical (unpaired) electrons. The average molecular weight is 503 g/mol. The second kappa shape index (κ2) is 12.4. The number of halogens is 1. The van der Waals surface area contributed by atoms with Gasteiger partial charge in [-0.3, -0.25) is 4.79 Å². The Morgan fingerprint density at radius 1 is 1.21 bits per heavy atom. The molecule has 3 N–H and O–H groups in total. The summed E-state index contributed by atoms with van der Waals surface area (Å²) in [4.78, 5) is 20.9. The number of aromatic nitrogens is 1. The van der Waals surface area contributed by atoms with Crippen molar-refractivity contribution in [2.24, 2.45) is 4.99 Å². The van der Waals surface area contributed by atoms with Crippen molar-refractivity contribution in [2.45, 2.75) is 6.42 Å². The lowest BCUT2D eigenvalue weighted by molar-refractivity contribution is -0.127. The molecular formula is C19H30IN5O3. The number of fused-ring (bicyclic) bond motifs is 1. The third-order valence-electron chi connectivity index (χ3n) is 4.13. The summed E-state index contributed by atoms with van der Waals surface area (Å²) in [6, 6.07) is 5.95. The van der Waals surface area contributed by atoms with Crippen molar-refractivity contribution in [3.05, 3.63) is 30.0 Å². The van der Waals surface area contributed by atoms with Crippen molar-refractivity contribution < 1.29 is 14.3 Å². The summed E-state index contributed by atoms with van der Waals surface area (Å²) in [5.41, 5.74) is 2.21. The zero-order valence-electron chi connectivity index (χ0n) is 16.9. The number of H-pyrrole nitrogens is 1. The van der Waals surface area contributed by atoms with Gasteiger partial charge in [-0.05, 0) is 24.1 Å². The monoisotopic (exact) mass is 503 g/mol. The summed E-state index contributed by atoms with van der Waals surface area (Å²) in [5, 5.41) is 7.53. The molecule has 0 saturated carbocycles. The van der Waals surface area contributed by atoms with Crippen molar-refractivity contribution in [2.75, 3.05) is 54.6 Å². The lowest BCUT2D eigenvalue weighted by atomic mass is 10.1. The van der Waals surface area contributed by atoms with Crippen LogP contribution in [0.1, 0.15) is 5.56 Å². The number of methoxy groups -OCH3 is 2. The molecule has 0 aliphatic carbocycles. The molecule has 1 aromatic heterocycles. The second-order valence-electron chi connectivity index (χ2n) is 6.25. The highest BCUT2D eigenvalue weighted by molar-refractivity contribution is 14.0. The van der Waals surface area contributed by atoms with Gasteiger partial charge in [0.25, 0.3) is 0 Å². The van der Waals surface area contributed by atoms with Gasteiger partial charge in [0.2, 0.25) is 5.91 Å². The van der Waals surface area contributed by atoms with Gasteiger partial charge in [-0.1, -0.05) is 6.07 Å². The average Bonchev–Trinajstić information content (AvgIpc) is 3.08. The SMILES string of the molecule is COCCNC(=NCC(=O)N(C)C)NCCc1c[nH]c2cccc(OC)c12.I. The number of carbonyl (C=O) groups excluding carboxylic acids is 1. The Kier molecular flexibility index (Phi) is 10.7. The van der Waals surface area contributed by atoms with E-state index in [1.807, 2.05) is 24.4 Å². The summed E-state index contributed by atoms with van der Waals surface area (Å²) < 4.78 is 10.5. The number of likely N-dealkylation sites (N-methyl/N-ethyl adjacent to an activating group) is 1. The number of amides is 1. The van der Waals surface area contributed by atoms with E-state index in [-0.39, 0.29) is 36.4 Å². The van der Waals surface area contributed by atoms with Crippen LogP contribution in [0, 0.1) is 0 Å². The van der Waals surface area contributed by atoms with Gasteiger partial charge in [-0.15, -0.1) is 24.0 Å². The summed E-state index contributed by atoms with van der Waals surface area (Å²) in [7, 11) is 6.75. The highest BCUT2D eigenvalue weighted by Crippen LogP contribution is 2.28. The quantitative estimate of drug-likeness (QED) is 0.210. The van der Waals surface area contributed by atoms with E-state index in [9.17, 15) is 4.79 Å². The van der Waals surface area contributed by atoms with Crippen LogP contribution in [-0.2, 0) is 16.0 Å². The van der Waals surface area contributed by atoms with E-state index in [0.717, 1.165) is 28.6 Å². The number of rotatable bonds is 9. The van der Waals surface area contributed by atoms with Gasteiger partial charge in [-0.25, -0.2) is 4.99 Å². The fraction of sp³-hybridized carbons (Fsp3) is 0.474. The van der Waals surface area contributed by atoms with Gasteiger partial charge >= 0.3 is 0 Å². The highest BCUT2D eigenvalue weighted by atomic mass is 127. The number of nitrogens with zero attached hydrogens (tertiary/aromatic N) is 2. The first-order valence-electron chi connectivity index (χ1n) is 8.91. The van der Waals surface area contributed by atoms with E-state index in [2.05, 4.69) is 20.6 Å². The van der Waals surface area contributed by atoms with Crippen LogP contribution in [0.4, 0.5) is 0 Å². The maximum atomic E-state index is 11.8. The number of ether oxygens (including phenoxy) is 2. The molecule has 0 atom stereocenters. The van der Waals surface area contributed by atoms with Gasteiger partial charge in [-0.2, -0.15) is 0 Å². The number of guanidine groups is 1. The fourth-order valence-corrected chi connectivity index (χ4v) is 2.64. The Hall–Kier alpha value is -2.01. The predicted molar refractivity (Wildman–Crippen MR) is 123 cm³/mol. The standard InChI is InChI=1S/C19H29N5O3.HI/c1-24(2)17(25)13-23-19(21-10-11-26-3)20-9-8-14-12-22-15-6-5-7-16(27-4)18(14)15;/h5-7,12,22H,8-11,13H2,1-4H3,(H2,20,21,23);1H. The minimum absolute atomic E-state index is 0. The Balaban J connectivity index is 0.00000392. The number of nitrogens with one attached hydrogen (secondary N) is 3. The van der Waals surface area contributed by atoms with Crippen molar-refractivity contribution in [1.82, 2.24) is 20.5 Å². The van der Waals surface area contributed by atoms with E-state index in [0.29, 0.717) is 25.7 Å². The van der Waals surface area contributed by atoms with Crippen molar-refractivity contribution in [1.29, 1.82) is 0 Å². The molecule has 0 spiro atoms. The summed E-state index contributed by atoms with van der Waals surface area (Å²) in [6.45, 7) is 1.93. The molecule has 0 unspecified atom stereocenters. The lowest BCUT2D eigenvalue weighted by Gasteiger charge is -2.13. The van der Waals surface area contributed by atoms with E-state index < -0.39 is 0 Å². The minimum atomic E-state index is -0.0517. The number of aromatic amines is 1. The van der Waals surface area contributed by atoms with E-state index in [1.165, 1.54) is 4.90 Å². The Labute approximate surface area is 183 Å². The Bertz CT molecular complexity index is 776. The van der Waals surface area contributed by atoms with E-state index in [4.69, 9.17) is 9.47 Å². The van der Waals surface area contributed by atoms with E-state index >= 15 is 0 Å². The van der Waals surface area contributed by atoms with Crippen molar-refractivity contribution >= 4 is 46.7 Å². The van der Waals surface area contributed by atoms with Crippen LogP contribution in [-0.4, -0.2) is 76.3 Å². The normalized spacial score (nSPS) is 11.1. The number of benzene rings is 1. The van der Waals surface area contributed by atoms with Crippen molar-refractivity contribution in [3.8, 4) is 5.75 Å². The van der Waals surface area contributed by atoms with Gasteiger partial charge in [0, 0.05) is 51.4 Å². The number of hydrogen-bond acceptors (Lipinski definition) is 4. The van der Waals surface area contributed by atoms with Crippen LogP contribution in [0.3, 0.4) is 0 Å². The first-order valence-corrected chi connectivity index (χ1v) is 8.91. The molecule has 2 rings (SSSR count). The fourth-order valence-electron chi connectivity index (χ4n) is 2.64. The van der Waals surface area contributed by atoms with Gasteiger partial charge in [0.15, 0.2) is 5.96 Å². The third-order valence-corrected chi connectivity index (χ3v) is 4.13. The maximum absolute atomic E-state index is 11.8. The summed E-state index contributed by atoms with van der Waals surface area (Å²) >= 11 is 0. The zero-order chi connectivity index (χ0) is 19.6. The zero-order valence-corrected chi connectivity index (χ0v) is 19.2. The second-order valence-corrected chi connectivity index (χ2v) is 6.25. The predicted octanol–water partition coefficient (Wildman–Crippen LogP) is 1.61. The minimum Gasteiger partial charge on any atom is -0.496 e. The number of carbonyl (C=O) groups is 1. The van der Waals surface area contributed by atoms with Crippen LogP contribution in [0.2, 0.25) is 0 Å². The van der Waals surface area contributed by atoms with Crippen LogP contribution in [0.25, 0.3) is 10.9 Å². The molecule has 0 bridgehead atoms. The molecular weight excluding hydrogens is 473 g/mol. The smallest absolute Gasteiger partial charge is 0.243 e. The topological polar surface area (TPSA) is 91.0 Å². The number of hydrogen-bond donors (Lipinski definition) is 3. The summed E-state index contributed by atoms with van der Waals surface area (Å²) in [6.07, 6.45) is 2.78. The molecule has 1 amide bonds. The molecule has 28 heavy (non-hydrogen) atoms. The molecule has 0 aliphatic rings. The van der Waals surface area contributed by atoms with Crippen molar-refractivity contribution in [3.63, 3.8) is 0 Å². The van der Waals surface area contributed by atoms with Crippen LogP contribution >= 0.6 is 24.0 Å². The molecule has 0 fully saturated rings. The Morgan fingerprint density at radius 3 is 2.64 bits per heavy atom. The molecule has 1 aromatic carbocycles. The first kappa shape index (κ1) is 24.0. The molecule has 9 heteroatoms. The van der Waals surface area contributed by atoms with Gasteiger partial charge in [0.05, 0.1) is 13.7 Å². The Morgan fingerprint density at radius 2 is 1.96 bits per heavy atom. The van der Waals surface area contributed by atoms with Crippen LogP contribution < -0.4 is 15.4 Å². The lowest BCUT2D eigenvalue weighted by Crippen LogP contribution is -2.40. The molecule has 8 nitrogen and oxygen atoms in total. The van der Waals surface area contributed by atoms with Gasteiger partial charge in [0.1, 0.15) is 12.3 Å². The maximum Gasteiger partial charge on any atom is 0.243 e. The molecule has 0 aliphatic heterocycles. The molecule has 156 valence electrons. The van der Waals surface area contributed by atoms with Crippen LogP contribution in [0.15, 0.2) is 29.4 Å². The molecule has 1 heterocycles. The largest absolute Gasteiger partial charge is 0.496 e. The van der Waals surface area contributed by atoms with E-state index in [1.54, 1.807) is 28.3 Å². The molecule has 2 aromatic rings. The third kappa shape index (κ3) is 6.86.